The Hall–Kier alpha value is -2.86. The molecular weight excluding hydrogens is 368 g/mol. The number of fused-ring (bicyclic) bond motifs is 1. The summed E-state index contributed by atoms with van der Waals surface area (Å²) in [4.78, 5) is 14.6. The van der Waals surface area contributed by atoms with E-state index in [4.69, 9.17) is 31.5 Å². The lowest BCUT2D eigenvalue weighted by molar-refractivity contribution is 0.104. The van der Waals surface area contributed by atoms with Crippen molar-refractivity contribution in [3.8, 4) is 17.2 Å². The first kappa shape index (κ1) is 18.9. The third-order valence-electron chi connectivity index (χ3n) is 4.17. The Bertz CT molecular complexity index is 909. The van der Waals surface area contributed by atoms with Gasteiger partial charge in [0.05, 0.1) is 23.5 Å². The Morgan fingerprint density at radius 3 is 2.44 bits per heavy atom. The molecule has 3 rings (SSSR count). The summed E-state index contributed by atoms with van der Waals surface area (Å²) in [5.74, 6) is 1.40. The lowest BCUT2D eigenvalue weighted by atomic mass is 10.1. The molecule has 1 heterocycles. The number of allylic oxidation sites excluding steroid dienone is 1. The first-order chi connectivity index (χ1) is 12.9. The van der Waals surface area contributed by atoms with Gasteiger partial charge in [0.2, 0.25) is 5.78 Å². The average Bonchev–Trinajstić information content (AvgIpc) is 2.66. The maximum absolute atomic E-state index is 12.7. The Balaban J connectivity index is 1.93. The van der Waals surface area contributed by atoms with Crippen LogP contribution in [0.2, 0.25) is 0 Å². The fourth-order valence-corrected chi connectivity index (χ4v) is 3.05. The van der Waals surface area contributed by atoms with E-state index >= 15 is 0 Å². The molecular formula is C20H21ClN2O4. The van der Waals surface area contributed by atoms with E-state index in [-0.39, 0.29) is 10.8 Å². The van der Waals surface area contributed by atoms with Crippen molar-refractivity contribution in [2.45, 2.75) is 0 Å². The van der Waals surface area contributed by atoms with Crippen LogP contribution in [-0.2, 0) is 0 Å². The summed E-state index contributed by atoms with van der Waals surface area (Å²) in [6, 6.07) is 8.57. The standard InChI is InChI=1S/C20H21ClN2O4/c1-23(2)16-5-4-12(9-15(16)22)20(24)14(21)8-13-10-18-19(11-17(13)25-3)27-7-6-26-18/h4-5,8-11H,6-7,22H2,1-3H3. The van der Waals surface area contributed by atoms with E-state index in [2.05, 4.69) is 0 Å². The van der Waals surface area contributed by atoms with Crippen molar-refractivity contribution < 1.29 is 19.0 Å². The number of ketones is 1. The van der Waals surface area contributed by atoms with Gasteiger partial charge in [0.25, 0.3) is 0 Å². The van der Waals surface area contributed by atoms with Crippen molar-refractivity contribution >= 4 is 34.8 Å². The molecule has 0 unspecified atom stereocenters. The van der Waals surface area contributed by atoms with Crippen molar-refractivity contribution in [3.63, 3.8) is 0 Å². The quantitative estimate of drug-likeness (QED) is 0.479. The number of nitrogen functional groups attached to an aromatic ring is 1. The van der Waals surface area contributed by atoms with Crippen molar-refractivity contribution in [1.29, 1.82) is 0 Å². The minimum absolute atomic E-state index is 0.0435. The van der Waals surface area contributed by atoms with Crippen molar-refractivity contribution in [3.05, 3.63) is 46.5 Å². The zero-order chi connectivity index (χ0) is 19.6. The lowest BCUT2D eigenvalue weighted by Crippen LogP contribution is -2.15. The van der Waals surface area contributed by atoms with Crippen LogP contribution in [0, 0.1) is 0 Å². The number of halogens is 1. The summed E-state index contributed by atoms with van der Waals surface area (Å²) in [5, 5.41) is 0.0435. The van der Waals surface area contributed by atoms with E-state index in [9.17, 15) is 4.79 Å². The summed E-state index contributed by atoms with van der Waals surface area (Å²) in [6.07, 6.45) is 1.55. The van der Waals surface area contributed by atoms with E-state index in [0.717, 1.165) is 5.69 Å². The molecule has 0 radical (unpaired) electrons. The fraction of sp³-hybridized carbons (Fsp3) is 0.250. The number of carbonyl (C=O) groups excluding carboxylic acids is 1. The number of nitrogens with two attached hydrogens (primary N) is 1. The molecule has 0 aromatic heterocycles. The van der Waals surface area contributed by atoms with E-state index in [0.29, 0.717) is 47.3 Å². The Labute approximate surface area is 163 Å². The van der Waals surface area contributed by atoms with Crippen LogP contribution in [-0.4, -0.2) is 40.2 Å². The summed E-state index contributed by atoms with van der Waals surface area (Å²) < 4.78 is 16.5. The second kappa shape index (κ2) is 7.80. The number of anilines is 2. The Kier molecular flexibility index (Phi) is 5.46. The van der Waals surface area contributed by atoms with Gasteiger partial charge in [-0.2, -0.15) is 0 Å². The molecule has 0 aliphatic carbocycles. The van der Waals surface area contributed by atoms with Crippen LogP contribution in [0.1, 0.15) is 15.9 Å². The number of ether oxygens (including phenoxy) is 3. The van der Waals surface area contributed by atoms with Gasteiger partial charge in [0, 0.05) is 31.3 Å². The van der Waals surface area contributed by atoms with E-state index in [1.165, 1.54) is 0 Å². The van der Waals surface area contributed by atoms with Gasteiger partial charge in [-0.1, -0.05) is 11.6 Å². The molecule has 0 atom stereocenters. The van der Waals surface area contributed by atoms with Crippen LogP contribution in [0.5, 0.6) is 17.2 Å². The molecule has 1 aliphatic heterocycles. The van der Waals surface area contributed by atoms with Gasteiger partial charge < -0.3 is 24.8 Å². The average molecular weight is 389 g/mol. The lowest BCUT2D eigenvalue weighted by Gasteiger charge is -2.20. The molecule has 2 N–H and O–H groups in total. The Morgan fingerprint density at radius 1 is 1.19 bits per heavy atom. The molecule has 7 heteroatoms. The predicted molar refractivity (Wildman–Crippen MR) is 107 cm³/mol. The number of nitrogens with zero attached hydrogens (tertiary/aromatic N) is 1. The van der Waals surface area contributed by atoms with Crippen LogP contribution in [0.4, 0.5) is 11.4 Å². The molecule has 0 saturated heterocycles. The van der Waals surface area contributed by atoms with Crippen LogP contribution in [0.25, 0.3) is 6.08 Å². The first-order valence-electron chi connectivity index (χ1n) is 8.37. The van der Waals surface area contributed by atoms with E-state index in [1.807, 2.05) is 19.0 Å². The van der Waals surface area contributed by atoms with Gasteiger partial charge in [0.1, 0.15) is 19.0 Å². The number of hydrogen-bond acceptors (Lipinski definition) is 6. The predicted octanol–water partition coefficient (Wildman–Crippen LogP) is 3.58. The zero-order valence-corrected chi connectivity index (χ0v) is 16.2. The molecule has 27 heavy (non-hydrogen) atoms. The van der Waals surface area contributed by atoms with Gasteiger partial charge in [-0.25, -0.2) is 0 Å². The second-order valence-electron chi connectivity index (χ2n) is 6.23. The number of hydrogen-bond donors (Lipinski definition) is 1. The van der Waals surface area contributed by atoms with Crippen LogP contribution < -0.4 is 24.8 Å². The highest BCUT2D eigenvalue weighted by atomic mass is 35.5. The summed E-state index contributed by atoms with van der Waals surface area (Å²) >= 11 is 6.30. The molecule has 1 aliphatic rings. The number of carbonyl (C=O) groups is 1. The monoisotopic (exact) mass is 388 g/mol. The van der Waals surface area contributed by atoms with Gasteiger partial charge in [0.15, 0.2) is 11.5 Å². The van der Waals surface area contributed by atoms with Gasteiger partial charge in [-0.15, -0.1) is 0 Å². The maximum Gasteiger partial charge on any atom is 0.204 e. The third-order valence-corrected chi connectivity index (χ3v) is 4.45. The zero-order valence-electron chi connectivity index (χ0n) is 15.4. The van der Waals surface area contributed by atoms with Gasteiger partial charge >= 0.3 is 0 Å². The molecule has 142 valence electrons. The summed E-state index contributed by atoms with van der Waals surface area (Å²) in [7, 11) is 5.31. The van der Waals surface area contributed by atoms with E-state index < -0.39 is 0 Å². The maximum atomic E-state index is 12.7. The first-order valence-corrected chi connectivity index (χ1v) is 8.75. The normalized spacial score (nSPS) is 13.3. The fourth-order valence-electron chi connectivity index (χ4n) is 2.82. The van der Waals surface area contributed by atoms with Gasteiger partial charge in [-0.05, 0) is 30.3 Å². The molecule has 0 bridgehead atoms. The molecule has 2 aromatic rings. The minimum Gasteiger partial charge on any atom is -0.496 e. The van der Waals surface area contributed by atoms with E-state index in [1.54, 1.807) is 43.5 Å². The molecule has 2 aromatic carbocycles. The molecule has 0 fully saturated rings. The smallest absolute Gasteiger partial charge is 0.204 e. The van der Waals surface area contributed by atoms with Crippen LogP contribution in [0.3, 0.4) is 0 Å². The minimum atomic E-state index is -0.328. The van der Waals surface area contributed by atoms with Crippen molar-refractivity contribution in [1.82, 2.24) is 0 Å². The molecule has 6 nitrogen and oxygen atoms in total. The number of methoxy groups -OCH3 is 1. The molecule has 0 amide bonds. The number of rotatable bonds is 5. The summed E-state index contributed by atoms with van der Waals surface area (Å²) in [6.45, 7) is 0.946. The molecule has 0 saturated carbocycles. The molecule has 0 spiro atoms. The topological polar surface area (TPSA) is 74.0 Å². The largest absolute Gasteiger partial charge is 0.496 e. The highest BCUT2D eigenvalue weighted by molar-refractivity contribution is 6.47. The highest BCUT2D eigenvalue weighted by Crippen LogP contribution is 2.38. The van der Waals surface area contributed by atoms with Gasteiger partial charge in [-0.3, -0.25) is 4.79 Å². The third kappa shape index (κ3) is 3.95. The SMILES string of the molecule is COc1cc2c(cc1C=C(Cl)C(=O)c1ccc(N(C)C)c(N)c1)OCCO2. The van der Waals surface area contributed by atoms with Crippen LogP contribution >= 0.6 is 11.6 Å². The van der Waals surface area contributed by atoms with Crippen LogP contribution in [0.15, 0.2) is 35.4 Å². The second-order valence-corrected chi connectivity index (χ2v) is 6.63. The number of benzene rings is 2. The Morgan fingerprint density at radius 2 is 1.85 bits per heavy atom. The van der Waals surface area contributed by atoms with Crippen molar-refractivity contribution in [2.24, 2.45) is 0 Å². The highest BCUT2D eigenvalue weighted by Gasteiger charge is 2.18. The van der Waals surface area contributed by atoms with Crippen molar-refractivity contribution in [2.75, 3.05) is 45.1 Å². The number of Topliss-reactive ketones (excluding diaryl/α,β-unsaturated/α-hetero) is 1. The summed E-state index contributed by atoms with van der Waals surface area (Å²) in [5.41, 5.74) is 8.40.